The largest absolute Gasteiger partial charge is 0.464 e. The van der Waals surface area contributed by atoms with Gasteiger partial charge in [0.25, 0.3) is 0 Å². The van der Waals surface area contributed by atoms with Crippen LogP contribution < -0.4 is 0 Å². The van der Waals surface area contributed by atoms with Crippen molar-refractivity contribution in [2.45, 2.75) is 19.8 Å². The van der Waals surface area contributed by atoms with E-state index in [1.165, 1.54) is 4.57 Å². The molecule has 0 aliphatic rings. The summed E-state index contributed by atoms with van der Waals surface area (Å²) < 4.78 is 1.22. The molecule has 0 radical (unpaired) electrons. The Morgan fingerprint density at radius 2 is 2.27 bits per heavy atom. The molecular weight excluding hydrogens is 192 g/mol. The Morgan fingerprint density at radius 1 is 1.53 bits per heavy atom. The standard InChI is InChI=1S/C11H12N2O2/c1-7(2)8-6-13(11(14)15)9-4-3-5-12-10(8)9/h3-7H,1-2H3,(H,14,15). The third kappa shape index (κ3) is 1.48. The number of fused-ring (bicyclic) bond motifs is 1. The lowest BCUT2D eigenvalue weighted by Crippen LogP contribution is -2.05. The van der Waals surface area contributed by atoms with Crippen molar-refractivity contribution in [1.29, 1.82) is 0 Å². The minimum atomic E-state index is -0.972. The van der Waals surface area contributed by atoms with E-state index in [1.807, 2.05) is 13.8 Å². The Balaban J connectivity index is 2.79. The van der Waals surface area contributed by atoms with E-state index in [2.05, 4.69) is 4.98 Å². The topological polar surface area (TPSA) is 55.1 Å². The van der Waals surface area contributed by atoms with Crippen molar-refractivity contribution in [3.05, 3.63) is 30.1 Å². The SMILES string of the molecule is CC(C)c1cn(C(=O)O)c2cccnc12. The van der Waals surface area contributed by atoms with Crippen LogP contribution in [-0.4, -0.2) is 20.8 Å². The molecule has 4 heteroatoms. The molecule has 78 valence electrons. The van der Waals surface area contributed by atoms with E-state index in [-0.39, 0.29) is 5.92 Å². The molecule has 0 aromatic carbocycles. The van der Waals surface area contributed by atoms with Crippen LogP contribution in [0.2, 0.25) is 0 Å². The van der Waals surface area contributed by atoms with Crippen LogP contribution in [-0.2, 0) is 0 Å². The predicted molar refractivity (Wildman–Crippen MR) is 57.2 cm³/mol. The molecule has 0 aliphatic carbocycles. The van der Waals surface area contributed by atoms with Crippen LogP contribution in [0.5, 0.6) is 0 Å². The van der Waals surface area contributed by atoms with Gasteiger partial charge in [-0.3, -0.25) is 9.55 Å². The molecule has 0 aliphatic heterocycles. The van der Waals surface area contributed by atoms with Crippen molar-refractivity contribution in [3.8, 4) is 0 Å². The molecule has 2 aromatic heterocycles. The van der Waals surface area contributed by atoms with Crippen LogP contribution >= 0.6 is 0 Å². The number of carboxylic acid groups (broad SMARTS) is 1. The molecule has 2 rings (SSSR count). The smallest absolute Gasteiger partial charge is 0.416 e. The number of carbonyl (C=O) groups is 1. The molecule has 2 aromatic rings. The van der Waals surface area contributed by atoms with Crippen LogP contribution in [0.1, 0.15) is 25.3 Å². The van der Waals surface area contributed by atoms with Crippen LogP contribution in [0.15, 0.2) is 24.5 Å². The van der Waals surface area contributed by atoms with E-state index in [0.29, 0.717) is 5.52 Å². The van der Waals surface area contributed by atoms with Gasteiger partial charge in [0, 0.05) is 12.4 Å². The molecular formula is C11H12N2O2. The first-order chi connectivity index (χ1) is 7.11. The monoisotopic (exact) mass is 204 g/mol. The van der Waals surface area contributed by atoms with Crippen LogP contribution in [0, 0.1) is 0 Å². The maximum absolute atomic E-state index is 11.0. The normalized spacial score (nSPS) is 11.1. The molecule has 0 atom stereocenters. The molecule has 15 heavy (non-hydrogen) atoms. The van der Waals surface area contributed by atoms with Gasteiger partial charge in [-0.1, -0.05) is 13.8 Å². The molecule has 1 N–H and O–H groups in total. The third-order valence-electron chi connectivity index (χ3n) is 2.42. The average molecular weight is 204 g/mol. The van der Waals surface area contributed by atoms with Gasteiger partial charge in [-0.05, 0) is 23.6 Å². The molecule has 0 fully saturated rings. The number of aromatic nitrogens is 2. The van der Waals surface area contributed by atoms with Gasteiger partial charge >= 0.3 is 6.09 Å². The zero-order valence-electron chi connectivity index (χ0n) is 8.64. The lowest BCUT2D eigenvalue weighted by Gasteiger charge is -1.99. The van der Waals surface area contributed by atoms with Crippen molar-refractivity contribution in [2.24, 2.45) is 0 Å². The Hall–Kier alpha value is -1.84. The highest BCUT2D eigenvalue weighted by atomic mass is 16.4. The number of pyridine rings is 1. The van der Waals surface area contributed by atoms with E-state index >= 15 is 0 Å². The Morgan fingerprint density at radius 3 is 2.87 bits per heavy atom. The summed E-state index contributed by atoms with van der Waals surface area (Å²) in [5, 5.41) is 9.01. The average Bonchev–Trinajstić information content (AvgIpc) is 2.56. The summed E-state index contributed by atoms with van der Waals surface area (Å²) in [6.45, 7) is 4.05. The van der Waals surface area contributed by atoms with Gasteiger partial charge in [-0.2, -0.15) is 0 Å². The van der Waals surface area contributed by atoms with E-state index in [0.717, 1.165) is 11.1 Å². The number of hydrogen-bond donors (Lipinski definition) is 1. The second kappa shape index (κ2) is 3.38. The first kappa shape index (κ1) is 9.71. The minimum absolute atomic E-state index is 0.267. The highest BCUT2D eigenvalue weighted by molar-refractivity contribution is 5.88. The molecule has 2 heterocycles. The van der Waals surface area contributed by atoms with Gasteiger partial charge in [-0.25, -0.2) is 4.79 Å². The van der Waals surface area contributed by atoms with Crippen LogP contribution in [0.3, 0.4) is 0 Å². The summed E-state index contributed by atoms with van der Waals surface area (Å²) in [5.74, 6) is 0.267. The van der Waals surface area contributed by atoms with Crippen molar-refractivity contribution in [1.82, 2.24) is 9.55 Å². The molecule has 0 saturated carbocycles. The number of nitrogens with zero attached hydrogens (tertiary/aromatic N) is 2. The molecule has 0 spiro atoms. The summed E-state index contributed by atoms with van der Waals surface area (Å²) in [6, 6.07) is 3.51. The van der Waals surface area contributed by atoms with Gasteiger partial charge in [0.2, 0.25) is 0 Å². The molecule has 0 saturated heterocycles. The maximum Gasteiger partial charge on any atom is 0.416 e. The summed E-state index contributed by atoms with van der Waals surface area (Å²) in [4.78, 5) is 15.2. The van der Waals surface area contributed by atoms with Crippen molar-refractivity contribution in [3.63, 3.8) is 0 Å². The Kier molecular flexibility index (Phi) is 2.19. The molecule has 0 amide bonds. The molecule has 0 bridgehead atoms. The highest BCUT2D eigenvalue weighted by Crippen LogP contribution is 2.25. The van der Waals surface area contributed by atoms with Crippen LogP contribution in [0.4, 0.5) is 4.79 Å². The van der Waals surface area contributed by atoms with E-state index in [1.54, 1.807) is 24.5 Å². The fraction of sp³-hybridized carbons (Fsp3) is 0.273. The van der Waals surface area contributed by atoms with Gasteiger partial charge in [0.05, 0.1) is 11.0 Å². The van der Waals surface area contributed by atoms with E-state index in [4.69, 9.17) is 5.11 Å². The predicted octanol–water partition coefficient (Wildman–Crippen LogP) is 2.69. The number of rotatable bonds is 1. The summed E-state index contributed by atoms with van der Waals surface area (Å²) in [6.07, 6.45) is 2.35. The number of hydrogen-bond acceptors (Lipinski definition) is 2. The van der Waals surface area contributed by atoms with Crippen molar-refractivity contribution in [2.75, 3.05) is 0 Å². The van der Waals surface area contributed by atoms with E-state index in [9.17, 15) is 4.79 Å². The van der Waals surface area contributed by atoms with Gasteiger partial charge in [-0.15, -0.1) is 0 Å². The second-order valence-corrected chi connectivity index (χ2v) is 3.76. The Labute approximate surface area is 87.2 Å². The lowest BCUT2D eigenvalue weighted by atomic mass is 10.1. The zero-order chi connectivity index (χ0) is 11.0. The molecule has 4 nitrogen and oxygen atoms in total. The van der Waals surface area contributed by atoms with Gasteiger partial charge < -0.3 is 5.11 Å². The molecule has 0 unspecified atom stereocenters. The summed E-state index contributed by atoms with van der Waals surface area (Å²) >= 11 is 0. The zero-order valence-corrected chi connectivity index (χ0v) is 8.64. The van der Waals surface area contributed by atoms with Gasteiger partial charge in [0.1, 0.15) is 0 Å². The lowest BCUT2D eigenvalue weighted by molar-refractivity contribution is 0.197. The first-order valence-corrected chi connectivity index (χ1v) is 4.80. The van der Waals surface area contributed by atoms with Crippen LogP contribution in [0.25, 0.3) is 11.0 Å². The fourth-order valence-corrected chi connectivity index (χ4v) is 1.66. The summed E-state index contributed by atoms with van der Waals surface area (Å²) in [7, 11) is 0. The van der Waals surface area contributed by atoms with Gasteiger partial charge in [0.15, 0.2) is 0 Å². The van der Waals surface area contributed by atoms with Crippen molar-refractivity contribution < 1.29 is 9.90 Å². The first-order valence-electron chi connectivity index (χ1n) is 4.80. The van der Waals surface area contributed by atoms with Crippen molar-refractivity contribution >= 4 is 17.1 Å². The third-order valence-corrected chi connectivity index (χ3v) is 2.42. The Bertz CT molecular complexity index is 514. The fourth-order valence-electron chi connectivity index (χ4n) is 1.66. The quantitative estimate of drug-likeness (QED) is 0.776. The second-order valence-electron chi connectivity index (χ2n) is 3.76. The maximum atomic E-state index is 11.0. The minimum Gasteiger partial charge on any atom is -0.464 e. The summed E-state index contributed by atoms with van der Waals surface area (Å²) in [5.41, 5.74) is 2.39. The highest BCUT2D eigenvalue weighted by Gasteiger charge is 2.14. The van der Waals surface area contributed by atoms with E-state index < -0.39 is 6.09 Å².